The fraction of sp³-hybridized carbons (Fsp3) is 0.750. The molecular weight excluding hydrogens is 288 g/mol. The van der Waals surface area contributed by atoms with Gasteiger partial charge in [-0.15, -0.1) is 0 Å². The Morgan fingerprint density at radius 1 is 1.35 bits per heavy atom. The number of hydrogen-bond donors (Lipinski definition) is 1. The molecule has 1 heterocycles. The van der Waals surface area contributed by atoms with Crippen LogP contribution in [0.5, 0.6) is 0 Å². The predicted molar refractivity (Wildman–Crippen MR) is 90.5 cm³/mol. The largest absolute Gasteiger partial charge is 0.432 e. The summed E-state index contributed by atoms with van der Waals surface area (Å²) in [4.78, 5) is 11.7. The number of carbonyl (C=O) groups is 1. The van der Waals surface area contributed by atoms with Crippen molar-refractivity contribution in [1.82, 2.24) is 0 Å². The highest BCUT2D eigenvalue weighted by Crippen LogP contribution is 2.61. The molecule has 0 spiro atoms. The second-order valence-corrected chi connectivity index (χ2v) is 8.68. The molecule has 3 heteroatoms. The monoisotopic (exact) mass is 318 g/mol. The quantitative estimate of drug-likeness (QED) is 0.467. The fourth-order valence-corrected chi connectivity index (χ4v) is 5.65. The van der Waals surface area contributed by atoms with Gasteiger partial charge in [-0.05, 0) is 54.8 Å². The van der Waals surface area contributed by atoms with Crippen LogP contribution in [-0.4, -0.2) is 17.4 Å². The Labute approximate surface area is 139 Å². The number of fused-ring (bicyclic) bond motifs is 1. The summed E-state index contributed by atoms with van der Waals surface area (Å²) >= 11 is 0. The maximum absolute atomic E-state index is 11.7. The maximum atomic E-state index is 11.7. The van der Waals surface area contributed by atoms with Gasteiger partial charge in [-0.2, -0.15) is 0 Å². The van der Waals surface area contributed by atoms with Crippen LogP contribution in [0.2, 0.25) is 0 Å². The molecular formula is C20H30O3. The Balaban J connectivity index is 1.83. The smallest absolute Gasteiger partial charge is 0.336 e. The lowest BCUT2D eigenvalue weighted by Crippen LogP contribution is -2.49. The first kappa shape index (κ1) is 16.8. The highest BCUT2D eigenvalue weighted by molar-refractivity contribution is 5.90. The molecule has 1 aliphatic heterocycles. The van der Waals surface area contributed by atoms with E-state index >= 15 is 0 Å². The van der Waals surface area contributed by atoms with Crippen LogP contribution in [-0.2, 0) is 9.53 Å². The highest BCUT2D eigenvalue weighted by Gasteiger charge is 2.52. The summed E-state index contributed by atoms with van der Waals surface area (Å²) in [6, 6.07) is 0. The first-order chi connectivity index (χ1) is 10.7. The number of carbonyl (C=O) groups excluding carboxylic acids is 1. The van der Waals surface area contributed by atoms with Gasteiger partial charge in [-0.3, -0.25) is 0 Å². The summed E-state index contributed by atoms with van der Waals surface area (Å²) in [6.07, 6.45) is 8.40. The van der Waals surface area contributed by atoms with Crippen LogP contribution in [0, 0.1) is 22.7 Å². The zero-order chi connectivity index (χ0) is 16.8. The van der Waals surface area contributed by atoms with Crippen molar-refractivity contribution in [3.63, 3.8) is 0 Å². The minimum atomic E-state index is -0.958. The fourth-order valence-electron chi connectivity index (χ4n) is 5.65. The molecule has 3 rings (SSSR count). The molecule has 0 aromatic carbocycles. The van der Waals surface area contributed by atoms with Crippen molar-refractivity contribution < 1.29 is 14.6 Å². The Bertz CT molecular complexity index is 545. The molecule has 2 aliphatic carbocycles. The summed E-state index contributed by atoms with van der Waals surface area (Å²) in [5.41, 5.74) is 2.63. The molecule has 3 fully saturated rings. The van der Waals surface area contributed by atoms with Gasteiger partial charge in [-0.1, -0.05) is 45.4 Å². The van der Waals surface area contributed by atoms with Crippen LogP contribution < -0.4 is 0 Å². The zero-order valence-corrected chi connectivity index (χ0v) is 14.7. The van der Waals surface area contributed by atoms with E-state index in [1.807, 2.05) is 6.08 Å². The molecule has 4 atom stereocenters. The maximum Gasteiger partial charge on any atom is 0.336 e. The lowest BCUT2D eigenvalue weighted by Gasteiger charge is -2.58. The number of ether oxygens (including phenoxy) is 1. The molecule has 1 saturated heterocycles. The van der Waals surface area contributed by atoms with Gasteiger partial charge < -0.3 is 9.84 Å². The summed E-state index contributed by atoms with van der Waals surface area (Å²) in [6.45, 7) is 11.6. The number of cyclic esters (lactones) is 1. The minimum absolute atomic E-state index is 0.273. The number of rotatable bonds is 2. The van der Waals surface area contributed by atoms with Gasteiger partial charge in [0.1, 0.15) is 0 Å². The molecule has 0 amide bonds. The first-order valence-electron chi connectivity index (χ1n) is 9.00. The second kappa shape index (κ2) is 5.77. The average Bonchev–Trinajstić information content (AvgIpc) is 2.75. The Hall–Kier alpha value is -1.09. The van der Waals surface area contributed by atoms with Crippen LogP contribution in [0.15, 0.2) is 23.8 Å². The lowest BCUT2D eigenvalue weighted by atomic mass is 9.47. The molecule has 0 aromatic heterocycles. The van der Waals surface area contributed by atoms with Crippen molar-refractivity contribution in [2.45, 2.75) is 72.0 Å². The minimum Gasteiger partial charge on any atom is -0.432 e. The van der Waals surface area contributed by atoms with Crippen molar-refractivity contribution in [1.29, 1.82) is 0 Å². The molecule has 23 heavy (non-hydrogen) atoms. The third kappa shape index (κ3) is 2.88. The second-order valence-electron chi connectivity index (χ2n) is 8.68. The van der Waals surface area contributed by atoms with E-state index in [9.17, 15) is 9.90 Å². The van der Waals surface area contributed by atoms with E-state index in [2.05, 4.69) is 27.4 Å². The van der Waals surface area contributed by atoms with E-state index in [-0.39, 0.29) is 11.4 Å². The standard InChI is InChI=1S/C20H30O3/c1-13-6-9-16-19(2,3)10-5-11-20(16,4)15(13)8-7-14-12-17(21)23-18(14)22/h7,15-17,21H,1,5-6,8-12H2,2-4H3/t15-,16-,17?,20-/m1/s1. The molecule has 1 N–H and O–H groups in total. The third-order valence-corrected chi connectivity index (χ3v) is 6.82. The summed E-state index contributed by atoms with van der Waals surface area (Å²) < 4.78 is 4.83. The van der Waals surface area contributed by atoms with Crippen molar-refractivity contribution in [3.05, 3.63) is 23.8 Å². The van der Waals surface area contributed by atoms with E-state index in [1.165, 1.54) is 31.3 Å². The Morgan fingerprint density at radius 3 is 2.74 bits per heavy atom. The highest BCUT2D eigenvalue weighted by atomic mass is 16.6. The molecule has 3 nitrogen and oxygen atoms in total. The van der Waals surface area contributed by atoms with Crippen LogP contribution >= 0.6 is 0 Å². The van der Waals surface area contributed by atoms with Gasteiger partial charge >= 0.3 is 5.97 Å². The van der Waals surface area contributed by atoms with Gasteiger partial charge in [0, 0.05) is 12.0 Å². The first-order valence-corrected chi connectivity index (χ1v) is 9.00. The summed E-state index contributed by atoms with van der Waals surface area (Å²) in [7, 11) is 0. The van der Waals surface area contributed by atoms with Crippen LogP contribution in [0.3, 0.4) is 0 Å². The van der Waals surface area contributed by atoms with E-state index in [0.29, 0.717) is 23.3 Å². The number of esters is 1. The van der Waals surface area contributed by atoms with Crippen molar-refractivity contribution >= 4 is 5.97 Å². The predicted octanol–water partition coefficient (Wildman–Crippen LogP) is 4.37. The number of aliphatic hydroxyl groups excluding tert-OH is 1. The molecule has 0 radical (unpaired) electrons. The van der Waals surface area contributed by atoms with Gasteiger partial charge in [0.25, 0.3) is 0 Å². The van der Waals surface area contributed by atoms with Gasteiger partial charge in [0.05, 0.1) is 0 Å². The Morgan fingerprint density at radius 2 is 2.09 bits per heavy atom. The van der Waals surface area contributed by atoms with E-state index in [4.69, 9.17) is 4.74 Å². The van der Waals surface area contributed by atoms with Gasteiger partial charge in [-0.25, -0.2) is 4.79 Å². The summed E-state index contributed by atoms with van der Waals surface area (Å²) in [5.74, 6) is 0.794. The van der Waals surface area contributed by atoms with Gasteiger partial charge in [0.2, 0.25) is 6.29 Å². The van der Waals surface area contributed by atoms with Crippen LogP contribution in [0.1, 0.15) is 65.7 Å². The van der Waals surface area contributed by atoms with Crippen LogP contribution in [0.25, 0.3) is 0 Å². The third-order valence-electron chi connectivity index (χ3n) is 6.82. The molecule has 1 unspecified atom stereocenters. The Kier molecular flexibility index (Phi) is 4.20. The summed E-state index contributed by atoms with van der Waals surface area (Å²) in [5, 5.41) is 9.46. The van der Waals surface area contributed by atoms with Crippen LogP contribution in [0.4, 0.5) is 0 Å². The van der Waals surface area contributed by atoms with E-state index in [0.717, 1.165) is 18.8 Å². The molecule has 3 aliphatic rings. The number of hydrogen-bond acceptors (Lipinski definition) is 3. The molecule has 0 aromatic rings. The van der Waals surface area contributed by atoms with Crippen molar-refractivity contribution in [2.75, 3.05) is 0 Å². The average molecular weight is 318 g/mol. The van der Waals surface area contributed by atoms with E-state index in [1.54, 1.807) is 0 Å². The zero-order valence-electron chi connectivity index (χ0n) is 14.7. The number of allylic oxidation sites excluding steroid dienone is 2. The molecule has 128 valence electrons. The van der Waals surface area contributed by atoms with E-state index < -0.39 is 6.29 Å². The van der Waals surface area contributed by atoms with Gasteiger partial charge in [0.15, 0.2) is 0 Å². The molecule has 0 bridgehead atoms. The molecule has 2 saturated carbocycles. The topological polar surface area (TPSA) is 46.5 Å². The normalized spacial score (nSPS) is 41.7. The lowest BCUT2D eigenvalue weighted by molar-refractivity contribution is -0.152. The SMILES string of the molecule is C=C1CC[C@@H]2C(C)(C)CCC[C@]2(C)[C@@H]1CC=C1CC(O)OC1=O. The number of aliphatic hydroxyl groups is 1. The van der Waals surface area contributed by atoms with Crippen molar-refractivity contribution in [3.8, 4) is 0 Å². The van der Waals surface area contributed by atoms with Crippen molar-refractivity contribution in [2.24, 2.45) is 22.7 Å².